The molecule has 4 nitrogen and oxygen atoms in total. The number of nitrogens with two attached hydrogens (primary N) is 1. The monoisotopic (exact) mass is 312 g/mol. The number of sulfonamides is 1. The van der Waals surface area contributed by atoms with Crippen molar-refractivity contribution in [2.45, 2.75) is 50.0 Å². The summed E-state index contributed by atoms with van der Waals surface area (Å²) in [6, 6.07) is 5.11. The molecule has 1 saturated carbocycles. The predicted molar refractivity (Wildman–Crippen MR) is 84.2 cm³/mol. The first-order valence-corrected chi connectivity index (χ1v) is 8.57. The van der Waals surface area contributed by atoms with Gasteiger partial charge in [0.15, 0.2) is 0 Å². The Bertz CT molecular complexity index is 633. The van der Waals surface area contributed by atoms with Crippen molar-refractivity contribution in [1.29, 1.82) is 0 Å². The first kappa shape index (κ1) is 15.4. The minimum atomic E-state index is -3.60. The Morgan fingerprint density at radius 2 is 1.85 bits per heavy atom. The van der Waals surface area contributed by atoms with Crippen LogP contribution >= 0.6 is 12.2 Å². The molecule has 0 unspecified atom stereocenters. The van der Waals surface area contributed by atoms with Crippen LogP contribution in [0.3, 0.4) is 0 Å². The van der Waals surface area contributed by atoms with E-state index in [1.165, 1.54) is 0 Å². The molecule has 1 fully saturated rings. The molecule has 6 heteroatoms. The Labute approximate surface area is 125 Å². The molecule has 0 heterocycles. The van der Waals surface area contributed by atoms with E-state index in [2.05, 4.69) is 4.72 Å². The lowest BCUT2D eigenvalue weighted by Gasteiger charge is -2.28. The van der Waals surface area contributed by atoms with E-state index >= 15 is 0 Å². The zero-order chi connectivity index (χ0) is 15.0. The second-order valence-corrected chi connectivity index (χ2v) is 7.63. The molecule has 0 amide bonds. The van der Waals surface area contributed by atoms with E-state index < -0.39 is 15.6 Å². The van der Waals surface area contributed by atoms with Crippen LogP contribution in [0.4, 0.5) is 0 Å². The average molecular weight is 312 g/mol. The summed E-state index contributed by atoms with van der Waals surface area (Å²) < 4.78 is 27.8. The Morgan fingerprint density at radius 3 is 2.35 bits per heavy atom. The first-order valence-electron chi connectivity index (χ1n) is 6.68. The lowest BCUT2D eigenvalue weighted by Crippen LogP contribution is -2.54. The minimum absolute atomic E-state index is 0.238. The summed E-state index contributed by atoms with van der Waals surface area (Å²) in [5, 5.41) is 0. The standard InChI is InChI=1S/C14H20N2O2S2/c1-10-5-6-12(9-11(10)2)20(17,18)16-14(13(15)19)7-3-4-8-14/h5-6,9,16H,3-4,7-8H2,1-2H3,(H2,15,19). The quantitative estimate of drug-likeness (QED) is 0.836. The van der Waals surface area contributed by atoms with Crippen LogP contribution in [0.25, 0.3) is 0 Å². The third kappa shape index (κ3) is 2.87. The second-order valence-electron chi connectivity index (χ2n) is 5.51. The van der Waals surface area contributed by atoms with Gasteiger partial charge in [0, 0.05) is 0 Å². The summed E-state index contributed by atoms with van der Waals surface area (Å²) in [7, 11) is -3.60. The molecule has 0 bridgehead atoms. The highest BCUT2D eigenvalue weighted by Gasteiger charge is 2.40. The van der Waals surface area contributed by atoms with Crippen molar-refractivity contribution in [2.24, 2.45) is 5.73 Å². The molecular weight excluding hydrogens is 292 g/mol. The van der Waals surface area contributed by atoms with Gasteiger partial charge in [0.25, 0.3) is 0 Å². The highest BCUT2D eigenvalue weighted by atomic mass is 32.2. The molecule has 0 atom stereocenters. The number of benzene rings is 1. The predicted octanol–water partition coefficient (Wildman–Crippen LogP) is 2.18. The summed E-state index contributed by atoms with van der Waals surface area (Å²) >= 11 is 5.08. The molecule has 110 valence electrons. The number of nitrogens with one attached hydrogen (secondary N) is 1. The maximum atomic E-state index is 12.5. The van der Waals surface area contributed by atoms with E-state index in [0.29, 0.717) is 12.8 Å². The number of hydrogen-bond donors (Lipinski definition) is 2. The van der Waals surface area contributed by atoms with Gasteiger partial charge in [-0.2, -0.15) is 4.72 Å². The largest absolute Gasteiger partial charge is 0.392 e. The summed E-state index contributed by atoms with van der Waals surface area (Å²) in [5.41, 5.74) is 7.03. The fourth-order valence-electron chi connectivity index (χ4n) is 2.57. The molecule has 0 radical (unpaired) electrons. The Balaban J connectivity index is 2.35. The average Bonchev–Trinajstić information content (AvgIpc) is 2.81. The molecule has 2 rings (SSSR count). The molecule has 0 spiro atoms. The summed E-state index contributed by atoms with van der Waals surface area (Å²) in [6.45, 7) is 3.85. The molecule has 1 aromatic rings. The van der Waals surface area contributed by atoms with Crippen LogP contribution in [0, 0.1) is 13.8 Å². The van der Waals surface area contributed by atoms with Crippen molar-refractivity contribution in [3.05, 3.63) is 29.3 Å². The van der Waals surface area contributed by atoms with Gasteiger partial charge in [-0.3, -0.25) is 0 Å². The van der Waals surface area contributed by atoms with Crippen LogP contribution in [0.15, 0.2) is 23.1 Å². The van der Waals surface area contributed by atoms with Crippen LogP contribution in [0.5, 0.6) is 0 Å². The van der Waals surface area contributed by atoms with Crippen molar-refractivity contribution in [3.8, 4) is 0 Å². The van der Waals surface area contributed by atoms with E-state index in [9.17, 15) is 8.42 Å². The molecule has 0 saturated heterocycles. The second kappa shape index (κ2) is 5.42. The number of aryl methyl sites for hydroxylation is 2. The lowest BCUT2D eigenvalue weighted by molar-refractivity contribution is 0.503. The highest BCUT2D eigenvalue weighted by molar-refractivity contribution is 7.89. The smallest absolute Gasteiger partial charge is 0.241 e. The van der Waals surface area contributed by atoms with Crippen LogP contribution in [0.2, 0.25) is 0 Å². The molecule has 0 aromatic heterocycles. The molecule has 0 aliphatic heterocycles. The summed E-state index contributed by atoms with van der Waals surface area (Å²) in [6.07, 6.45) is 3.22. The number of hydrogen-bond acceptors (Lipinski definition) is 3. The van der Waals surface area contributed by atoms with E-state index in [4.69, 9.17) is 18.0 Å². The number of thiocarbonyl (C=S) groups is 1. The minimum Gasteiger partial charge on any atom is -0.392 e. The molecule has 1 aliphatic rings. The van der Waals surface area contributed by atoms with Gasteiger partial charge in [-0.25, -0.2) is 8.42 Å². The Kier molecular flexibility index (Phi) is 4.18. The van der Waals surface area contributed by atoms with Gasteiger partial charge in [-0.1, -0.05) is 31.1 Å². The van der Waals surface area contributed by atoms with Gasteiger partial charge >= 0.3 is 0 Å². The van der Waals surface area contributed by atoms with Crippen molar-refractivity contribution < 1.29 is 8.42 Å². The maximum absolute atomic E-state index is 12.5. The van der Waals surface area contributed by atoms with Crippen LogP contribution in [-0.2, 0) is 10.0 Å². The number of rotatable bonds is 4. The maximum Gasteiger partial charge on any atom is 0.241 e. The fraction of sp³-hybridized carbons (Fsp3) is 0.500. The topological polar surface area (TPSA) is 72.2 Å². The van der Waals surface area contributed by atoms with Gasteiger partial charge in [-0.15, -0.1) is 0 Å². The lowest BCUT2D eigenvalue weighted by atomic mass is 10.00. The molecular formula is C14H20N2O2S2. The van der Waals surface area contributed by atoms with Gasteiger partial charge in [-0.05, 0) is 49.9 Å². The molecule has 1 aromatic carbocycles. The normalized spacial score (nSPS) is 18.1. The van der Waals surface area contributed by atoms with Crippen molar-refractivity contribution in [1.82, 2.24) is 4.72 Å². The zero-order valence-corrected chi connectivity index (χ0v) is 13.4. The third-order valence-corrected chi connectivity index (χ3v) is 5.97. The van der Waals surface area contributed by atoms with Gasteiger partial charge in [0.1, 0.15) is 0 Å². The third-order valence-electron chi connectivity index (χ3n) is 4.05. The van der Waals surface area contributed by atoms with Crippen LogP contribution in [-0.4, -0.2) is 18.9 Å². The van der Waals surface area contributed by atoms with Gasteiger partial charge in [0.05, 0.1) is 15.4 Å². The highest BCUT2D eigenvalue weighted by Crippen LogP contribution is 2.31. The first-order chi connectivity index (χ1) is 9.27. The molecule has 3 N–H and O–H groups in total. The SMILES string of the molecule is Cc1ccc(S(=O)(=O)NC2(C(N)=S)CCCC2)cc1C. The van der Waals surface area contributed by atoms with E-state index in [-0.39, 0.29) is 9.88 Å². The molecule has 20 heavy (non-hydrogen) atoms. The van der Waals surface area contributed by atoms with Gasteiger partial charge < -0.3 is 5.73 Å². The van der Waals surface area contributed by atoms with Crippen LogP contribution in [0.1, 0.15) is 36.8 Å². The van der Waals surface area contributed by atoms with E-state index in [0.717, 1.165) is 24.0 Å². The van der Waals surface area contributed by atoms with Crippen molar-refractivity contribution in [3.63, 3.8) is 0 Å². The van der Waals surface area contributed by atoms with Crippen LogP contribution < -0.4 is 10.5 Å². The summed E-state index contributed by atoms with van der Waals surface area (Å²) in [4.78, 5) is 0.505. The Hall–Kier alpha value is -0.980. The fourth-order valence-corrected chi connectivity index (χ4v) is 4.42. The van der Waals surface area contributed by atoms with E-state index in [1.807, 2.05) is 19.9 Å². The van der Waals surface area contributed by atoms with Gasteiger partial charge in [0.2, 0.25) is 10.0 Å². The zero-order valence-electron chi connectivity index (χ0n) is 11.8. The molecule has 1 aliphatic carbocycles. The summed E-state index contributed by atoms with van der Waals surface area (Å²) in [5.74, 6) is 0. The Morgan fingerprint density at radius 1 is 1.25 bits per heavy atom. The van der Waals surface area contributed by atoms with E-state index in [1.54, 1.807) is 12.1 Å². The van der Waals surface area contributed by atoms with Crippen molar-refractivity contribution >= 4 is 27.2 Å². The van der Waals surface area contributed by atoms with Crippen molar-refractivity contribution in [2.75, 3.05) is 0 Å².